The molecule has 0 aliphatic carbocycles. The molecule has 0 radical (unpaired) electrons. The zero-order valence-electron chi connectivity index (χ0n) is 14.8. The topological polar surface area (TPSA) is 78.2 Å². The lowest BCUT2D eigenvalue weighted by molar-refractivity contribution is -0.518. The molecule has 1 N–H and O–H groups in total. The van der Waals surface area contributed by atoms with Crippen molar-refractivity contribution in [1.82, 2.24) is 10.5 Å². The zero-order valence-corrected chi connectivity index (χ0v) is 14.8. The number of benzene rings is 1. The van der Waals surface area contributed by atoms with Gasteiger partial charge in [-0.15, -0.1) is 0 Å². The third kappa shape index (κ3) is 4.85. The molecule has 1 amide bonds. The first-order valence-electron chi connectivity index (χ1n) is 8.14. The van der Waals surface area contributed by atoms with Crippen molar-refractivity contribution < 1.29 is 31.7 Å². The summed E-state index contributed by atoms with van der Waals surface area (Å²) in [7, 11) is 0. The Labute approximate surface area is 162 Å². The Morgan fingerprint density at radius 2 is 1.97 bits per heavy atom. The molecular weight excluding hydrogens is 394 g/mol. The number of carbonyl (C=O) groups excluding carboxylic acids is 1. The van der Waals surface area contributed by atoms with Crippen molar-refractivity contribution in [2.75, 3.05) is 0 Å². The van der Waals surface area contributed by atoms with E-state index >= 15 is 0 Å². The van der Waals surface area contributed by atoms with E-state index in [1.54, 1.807) is 0 Å². The Hall–Kier alpha value is -3.53. The van der Waals surface area contributed by atoms with Gasteiger partial charge in [0.15, 0.2) is 6.20 Å². The summed E-state index contributed by atoms with van der Waals surface area (Å²) in [6.07, 6.45) is -0.0536. The van der Waals surface area contributed by atoms with Crippen LogP contribution < -0.4 is 14.8 Å². The number of ether oxygens (including phenoxy) is 1. The minimum Gasteiger partial charge on any atom is -0.759 e. The molecule has 0 bridgehead atoms. The van der Waals surface area contributed by atoms with E-state index in [0.29, 0.717) is 17.8 Å². The highest BCUT2D eigenvalue weighted by Crippen LogP contribution is 2.34. The van der Waals surface area contributed by atoms with Crippen molar-refractivity contribution in [2.45, 2.75) is 13.1 Å². The lowest BCUT2D eigenvalue weighted by Crippen LogP contribution is -2.18. The van der Waals surface area contributed by atoms with E-state index in [9.17, 15) is 27.6 Å². The van der Waals surface area contributed by atoms with Crippen LogP contribution in [0.5, 0.6) is 11.5 Å². The number of aryl methyl sites for hydroxylation is 1. The van der Waals surface area contributed by atoms with Crippen LogP contribution in [0.25, 0.3) is 5.69 Å². The molecule has 0 saturated carbocycles. The van der Waals surface area contributed by atoms with Gasteiger partial charge in [-0.25, -0.2) is 4.39 Å². The molecule has 1 aromatic carbocycles. The summed E-state index contributed by atoms with van der Waals surface area (Å²) in [4.78, 5) is 14.5. The standard InChI is InChI=1S/C14H9F4N2O3.C5H4N/c1-7-4-8(15)2-3-10(7)23-11-5-12(14(16,17)18)19-6-9(11)13(21)20-22;1-2-5-4-6(5)3-1/h2-6H,1H3,(H-,20,21,22);1-4H/q-1;+1. The van der Waals surface area contributed by atoms with Gasteiger partial charge in [-0.3, -0.25) is 9.78 Å². The number of fused-ring (bicyclic) bond motifs is 1. The van der Waals surface area contributed by atoms with Crippen LogP contribution in [0.3, 0.4) is 0 Å². The highest BCUT2D eigenvalue weighted by molar-refractivity contribution is 5.97. The number of pyridine rings is 2. The molecule has 0 spiro atoms. The summed E-state index contributed by atoms with van der Waals surface area (Å²) in [6.45, 7) is 1.47. The highest BCUT2D eigenvalue weighted by Gasteiger charge is 2.34. The number of alkyl halides is 3. The van der Waals surface area contributed by atoms with Gasteiger partial charge in [0.05, 0.1) is 5.56 Å². The number of halogens is 4. The second-order valence-electron chi connectivity index (χ2n) is 5.98. The number of hydrogen-bond acceptors (Lipinski definition) is 4. The number of rotatable bonds is 3. The molecule has 2 aliphatic rings. The monoisotopic (exact) mass is 407 g/mol. The van der Waals surface area contributed by atoms with Gasteiger partial charge in [0.25, 0.3) is 5.69 Å². The Morgan fingerprint density at radius 3 is 2.45 bits per heavy atom. The van der Waals surface area contributed by atoms with E-state index in [2.05, 4.69) is 21.8 Å². The Kier molecular flexibility index (Phi) is 5.46. The minimum atomic E-state index is -4.76. The summed E-state index contributed by atoms with van der Waals surface area (Å²) in [5.74, 6) is -2.25. The van der Waals surface area contributed by atoms with E-state index in [4.69, 9.17) is 4.74 Å². The van der Waals surface area contributed by atoms with Crippen LogP contribution in [-0.4, -0.2) is 10.9 Å². The quantitative estimate of drug-likeness (QED) is 0.318. The lowest BCUT2D eigenvalue weighted by Gasteiger charge is -2.16. The Bertz CT molecular complexity index is 1050. The highest BCUT2D eigenvalue weighted by atomic mass is 19.4. The number of nitrogens with zero attached hydrogens (tertiary/aromatic N) is 2. The summed E-state index contributed by atoms with van der Waals surface area (Å²) < 4.78 is 58.6. The molecular formula is C19H13F4N3O3. The molecule has 0 fully saturated rings. The molecule has 0 saturated heterocycles. The third-order valence-electron chi connectivity index (χ3n) is 3.87. The van der Waals surface area contributed by atoms with E-state index in [0.717, 1.165) is 17.6 Å². The fraction of sp³-hybridized carbons (Fsp3) is 0.105. The summed E-state index contributed by atoms with van der Waals surface area (Å²) >= 11 is 0. The van der Waals surface area contributed by atoms with Gasteiger partial charge in [0.1, 0.15) is 23.0 Å². The number of amides is 1. The molecule has 6 nitrogen and oxygen atoms in total. The van der Waals surface area contributed by atoms with Gasteiger partial charge in [-0.05, 0) is 30.7 Å². The molecule has 2 aliphatic heterocycles. The van der Waals surface area contributed by atoms with E-state index in [1.807, 2.05) is 12.3 Å². The number of hydrogen-bond donors (Lipinski definition) is 1. The lowest BCUT2D eigenvalue weighted by atomic mass is 10.2. The first-order chi connectivity index (χ1) is 13.7. The van der Waals surface area contributed by atoms with Crippen LogP contribution in [0.1, 0.15) is 21.6 Å². The second-order valence-corrected chi connectivity index (χ2v) is 5.98. The van der Waals surface area contributed by atoms with Crippen molar-refractivity contribution in [3.05, 3.63) is 82.8 Å². The molecule has 3 heterocycles. The maximum Gasteiger partial charge on any atom is 0.433 e. The maximum atomic E-state index is 13.0. The van der Waals surface area contributed by atoms with Gasteiger partial charge in [0, 0.05) is 24.4 Å². The fourth-order valence-corrected chi connectivity index (χ4v) is 2.35. The average Bonchev–Trinajstić information content (AvgIpc) is 3.28. The SMILES string of the molecule is Cc1cc(F)ccc1Oc1cc(C(F)(F)F)ncc1C(=O)N[O-].c1cc2c[n+]-2c1. The minimum absolute atomic E-state index is 0.0330. The smallest absolute Gasteiger partial charge is 0.433 e. The number of hydroxylamine groups is 1. The van der Waals surface area contributed by atoms with Crippen LogP contribution >= 0.6 is 0 Å². The van der Waals surface area contributed by atoms with Crippen LogP contribution in [0.15, 0.2) is 55.0 Å². The summed E-state index contributed by atoms with van der Waals surface area (Å²) in [5.41, 5.74) is 0.905. The molecule has 0 unspecified atom stereocenters. The molecule has 1 aromatic heterocycles. The van der Waals surface area contributed by atoms with Gasteiger partial charge in [-0.2, -0.15) is 17.7 Å². The molecule has 10 heteroatoms. The normalized spacial score (nSPS) is 11.2. The van der Waals surface area contributed by atoms with Gasteiger partial charge in [0.2, 0.25) is 12.1 Å². The molecule has 0 atom stereocenters. The van der Waals surface area contributed by atoms with E-state index in [-0.39, 0.29) is 5.75 Å². The van der Waals surface area contributed by atoms with Crippen molar-refractivity contribution >= 4 is 5.91 Å². The maximum absolute atomic E-state index is 13.0. The molecule has 2 aromatic rings. The van der Waals surface area contributed by atoms with Crippen LogP contribution in [0.2, 0.25) is 0 Å². The number of nitrogens with one attached hydrogen (secondary N) is 1. The zero-order chi connectivity index (χ0) is 21.2. The van der Waals surface area contributed by atoms with Crippen molar-refractivity contribution in [1.29, 1.82) is 0 Å². The largest absolute Gasteiger partial charge is 0.759 e. The van der Waals surface area contributed by atoms with Crippen molar-refractivity contribution in [3.8, 4) is 17.2 Å². The van der Waals surface area contributed by atoms with Gasteiger partial charge in [-0.1, -0.05) is 0 Å². The van der Waals surface area contributed by atoms with Crippen LogP contribution in [0.4, 0.5) is 17.6 Å². The molecule has 4 rings (SSSR count). The van der Waals surface area contributed by atoms with Gasteiger partial charge < -0.3 is 15.4 Å². The number of carbonyl (C=O) groups is 1. The fourth-order valence-electron chi connectivity index (χ4n) is 2.35. The first kappa shape index (κ1) is 20.2. The Balaban J connectivity index is 0.000000334. The second kappa shape index (κ2) is 7.84. The predicted octanol–water partition coefficient (Wildman–Crippen LogP) is 3.84. The summed E-state index contributed by atoms with van der Waals surface area (Å²) in [5, 5.41) is 10.5. The first-order valence-corrected chi connectivity index (χ1v) is 8.14. The molecule has 29 heavy (non-hydrogen) atoms. The van der Waals surface area contributed by atoms with Crippen molar-refractivity contribution in [2.24, 2.45) is 0 Å². The van der Waals surface area contributed by atoms with Crippen molar-refractivity contribution in [3.63, 3.8) is 0 Å². The molecule has 150 valence electrons. The Morgan fingerprint density at radius 1 is 1.21 bits per heavy atom. The third-order valence-corrected chi connectivity index (χ3v) is 3.87. The number of aromatic nitrogens is 2. The van der Waals surface area contributed by atoms with Crippen LogP contribution in [-0.2, 0) is 6.18 Å². The van der Waals surface area contributed by atoms with Gasteiger partial charge >= 0.3 is 6.18 Å². The predicted molar refractivity (Wildman–Crippen MR) is 92.8 cm³/mol. The van der Waals surface area contributed by atoms with E-state index < -0.39 is 34.9 Å². The average molecular weight is 407 g/mol. The van der Waals surface area contributed by atoms with E-state index in [1.165, 1.54) is 18.7 Å². The summed E-state index contributed by atoms with van der Waals surface area (Å²) in [6, 6.07) is 7.95. The van der Waals surface area contributed by atoms with Crippen LogP contribution in [0, 0.1) is 17.9 Å².